The SMILES string of the molecule is CS(=O)(=O)C1CCCC1NCCCCCO. The van der Waals surface area contributed by atoms with E-state index in [0.717, 1.165) is 45.1 Å². The Bertz CT molecular complexity index is 290. The van der Waals surface area contributed by atoms with Crippen LogP contribution < -0.4 is 5.32 Å². The predicted molar refractivity (Wildman–Crippen MR) is 65.2 cm³/mol. The van der Waals surface area contributed by atoms with Crippen LogP contribution in [-0.4, -0.2) is 44.2 Å². The monoisotopic (exact) mass is 249 g/mol. The molecule has 0 aromatic carbocycles. The second kappa shape index (κ2) is 6.57. The van der Waals surface area contributed by atoms with Gasteiger partial charge in [-0.15, -0.1) is 0 Å². The molecule has 96 valence electrons. The molecule has 0 amide bonds. The summed E-state index contributed by atoms with van der Waals surface area (Å²) < 4.78 is 23.0. The van der Waals surface area contributed by atoms with Crippen molar-refractivity contribution >= 4 is 9.84 Å². The average molecular weight is 249 g/mol. The highest BCUT2D eigenvalue weighted by Crippen LogP contribution is 2.24. The summed E-state index contributed by atoms with van der Waals surface area (Å²) >= 11 is 0. The maximum absolute atomic E-state index is 11.5. The third-order valence-electron chi connectivity index (χ3n) is 3.24. The molecule has 1 aliphatic carbocycles. The molecule has 1 aliphatic rings. The summed E-state index contributed by atoms with van der Waals surface area (Å²) in [5, 5.41) is 11.8. The van der Waals surface area contributed by atoms with Crippen molar-refractivity contribution in [3.8, 4) is 0 Å². The van der Waals surface area contributed by atoms with Gasteiger partial charge in [0.2, 0.25) is 0 Å². The van der Waals surface area contributed by atoms with Gasteiger partial charge in [-0.05, 0) is 38.6 Å². The van der Waals surface area contributed by atoms with Crippen molar-refractivity contribution in [1.82, 2.24) is 5.32 Å². The molecule has 0 aromatic rings. The van der Waals surface area contributed by atoms with E-state index in [0.29, 0.717) is 0 Å². The van der Waals surface area contributed by atoms with E-state index < -0.39 is 9.84 Å². The fraction of sp³-hybridized carbons (Fsp3) is 1.00. The lowest BCUT2D eigenvalue weighted by molar-refractivity contribution is 0.282. The lowest BCUT2D eigenvalue weighted by atomic mass is 10.2. The number of nitrogens with one attached hydrogen (secondary N) is 1. The van der Waals surface area contributed by atoms with E-state index in [4.69, 9.17) is 5.11 Å². The number of aliphatic hydroxyl groups excluding tert-OH is 1. The van der Waals surface area contributed by atoms with Crippen LogP contribution in [0.5, 0.6) is 0 Å². The number of hydrogen-bond acceptors (Lipinski definition) is 4. The van der Waals surface area contributed by atoms with E-state index in [2.05, 4.69) is 5.32 Å². The van der Waals surface area contributed by atoms with Gasteiger partial charge in [0.1, 0.15) is 0 Å². The molecular formula is C11H23NO3S. The molecule has 2 unspecified atom stereocenters. The molecular weight excluding hydrogens is 226 g/mol. The second-order valence-corrected chi connectivity index (χ2v) is 6.91. The lowest BCUT2D eigenvalue weighted by Gasteiger charge is -2.19. The third-order valence-corrected chi connectivity index (χ3v) is 4.91. The number of unbranched alkanes of at least 4 members (excludes halogenated alkanes) is 2. The molecule has 0 bridgehead atoms. The van der Waals surface area contributed by atoms with Crippen molar-refractivity contribution in [1.29, 1.82) is 0 Å². The van der Waals surface area contributed by atoms with Crippen LogP contribution in [0.4, 0.5) is 0 Å². The van der Waals surface area contributed by atoms with Gasteiger partial charge in [-0.2, -0.15) is 0 Å². The first kappa shape index (κ1) is 13.9. The van der Waals surface area contributed by atoms with Crippen LogP contribution in [0, 0.1) is 0 Å². The molecule has 0 saturated heterocycles. The van der Waals surface area contributed by atoms with Crippen LogP contribution in [-0.2, 0) is 9.84 Å². The molecule has 2 atom stereocenters. The fourth-order valence-electron chi connectivity index (χ4n) is 2.37. The van der Waals surface area contributed by atoms with Crippen molar-refractivity contribution < 1.29 is 13.5 Å². The Balaban J connectivity index is 2.26. The second-order valence-electron chi connectivity index (χ2n) is 4.64. The zero-order valence-electron chi connectivity index (χ0n) is 9.98. The average Bonchev–Trinajstić information content (AvgIpc) is 2.65. The standard InChI is InChI=1S/C11H23NO3S/c1-16(14,15)11-7-5-6-10(11)12-8-3-2-4-9-13/h10-13H,2-9H2,1H3. The van der Waals surface area contributed by atoms with E-state index in [1.807, 2.05) is 0 Å². The Morgan fingerprint density at radius 3 is 2.62 bits per heavy atom. The van der Waals surface area contributed by atoms with E-state index in [9.17, 15) is 8.42 Å². The van der Waals surface area contributed by atoms with Gasteiger partial charge in [-0.3, -0.25) is 0 Å². The van der Waals surface area contributed by atoms with Crippen LogP contribution >= 0.6 is 0 Å². The Morgan fingerprint density at radius 2 is 2.00 bits per heavy atom. The first-order valence-corrected chi connectivity index (χ1v) is 8.04. The van der Waals surface area contributed by atoms with Gasteiger partial charge in [0.15, 0.2) is 9.84 Å². The predicted octanol–water partition coefficient (Wildman–Crippen LogP) is 0.704. The normalized spacial score (nSPS) is 26.1. The molecule has 0 aromatic heterocycles. The van der Waals surface area contributed by atoms with Gasteiger partial charge in [0, 0.05) is 18.9 Å². The van der Waals surface area contributed by atoms with Gasteiger partial charge in [-0.1, -0.05) is 6.42 Å². The van der Waals surface area contributed by atoms with Gasteiger partial charge >= 0.3 is 0 Å². The summed E-state index contributed by atoms with van der Waals surface area (Å²) in [7, 11) is -2.90. The molecule has 5 heteroatoms. The fourth-order valence-corrected chi connectivity index (χ4v) is 3.80. The first-order valence-electron chi connectivity index (χ1n) is 6.09. The molecule has 1 fully saturated rings. The number of hydrogen-bond donors (Lipinski definition) is 2. The van der Waals surface area contributed by atoms with Crippen LogP contribution in [0.15, 0.2) is 0 Å². The Labute approximate surface area is 98.4 Å². The minimum atomic E-state index is -2.90. The third kappa shape index (κ3) is 4.39. The number of sulfone groups is 1. The van der Waals surface area contributed by atoms with Crippen molar-refractivity contribution in [2.45, 2.75) is 49.8 Å². The van der Waals surface area contributed by atoms with E-state index in [1.54, 1.807) is 0 Å². The molecule has 0 spiro atoms. The Hall–Kier alpha value is -0.130. The van der Waals surface area contributed by atoms with Crippen LogP contribution in [0.2, 0.25) is 0 Å². The quantitative estimate of drug-likeness (QED) is 0.652. The highest BCUT2D eigenvalue weighted by Gasteiger charge is 2.33. The van der Waals surface area contributed by atoms with Crippen molar-refractivity contribution in [3.05, 3.63) is 0 Å². The summed E-state index contributed by atoms with van der Waals surface area (Å²) in [5.74, 6) is 0. The molecule has 0 radical (unpaired) electrons. The zero-order chi connectivity index (χ0) is 12.0. The highest BCUT2D eigenvalue weighted by atomic mass is 32.2. The number of rotatable bonds is 7. The molecule has 4 nitrogen and oxygen atoms in total. The molecule has 1 saturated carbocycles. The maximum Gasteiger partial charge on any atom is 0.151 e. The molecule has 0 aliphatic heterocycles. The van der Waals surface area contributed by atoms with Crippen molar-refractivity contribution in [3.63, 3.8) is 0 Å². The van der Waals surface area contributed by atoms with Gasteiger partial charge in [-0.25, -0.2) is 8.42 Å². The largest absolute Gasteiger partial charge is 0.396 e. The maximum atomic E-state index is 11.5. The van der Waals surface area contributed by atoms with Crippen LogP contribution in [0.1, 0.15) is 38.5 Å². The van der Waals surface area contributed by atoms with Gasteiger partial charge < -0.3 is 10.4 Å². The zero-order valence-corrected chi connectivity index (χ0v) is 10.8. The number of aliphatic hydroxyl groups is 1. The molecule has 0 heterocycles. The summed E-state index contributed by atoms with van der Waals surface area (Å²) in [6.45, 7) is 1.10. The first-order chi connectivity index (χ1) is 7.55. The van der Waals surface area contributed by atoms with E-state index >= 15 is 0 Å². The summed E-state index contributed by atoms with van der Waals surface area (Å²) in [5.41, 5.74) is 0. The smallest absolute Gasteiger partial charge is 0.151 e. The topological polar surface area (TPSA) is 66.4 Å². The van der Waals surface area contributed by atoms with Crippen molar-refractivity contribution in [2.24, 2.45) is 0 Å². The highest BCUT2D eigenvalue weighted by molar-refractivity contribution is 7.91. The molecule has 2 N–H and O–H groups in total. The Morgan fingerprint density at radius 1 is 1.25 bits per heavy atom. The summed E-state index contributed by atoms with van der Waals surface area (Å²) in [6.07, 6.45) is 6.95. The Kier molecular flexibility index (Phi) is 5.72. The minimum Gasteiger partial charge on any atom is -0.396 e. The van der Waals surface area contributed by atoms with E-state index in [1.165, 1.54) is 6.26 Å². The molecule has 1 rings (SSSR count). The van der Waals surface area contributed by atoms with Crippen molar-refractivity contribution in [2.75, 3.05) is 19.4 Å². The summed E-state index contributed by atoms with van der Waals surface area (Å²) in [4.78, 5) is 0. The minimum absolute atomic E-state index is 0.143. The lowest BCUT2D eigenvalue weighted by Crippen LogP contribution is -2.40. The van der Waals surface area contributed by atoms with Crippen LogP contribution in [0.25, 0.3) is 0 Å². The van der Waals surface area contributed by atoms with Crippen LogP contribution in [0.3, 0.4) is 0 Å². The van der Waals surface area contributed by atoms with Gasteiger partial charge in [0.25, 0.3) is 0 Å². The summed E-state index contributed by atoms with van der Waals surface area (Å²) in [6, 6.07) is 0.143. The van der Waals surface area contributed by atoms with E-state index in [-0.39, 0.29) is 17.9 Å². The van der Waals surface area contributed by atoms with Gasteiger partial charge in [0.05, 0.1) is 5.25 Å². The molecule has 16 heavy (non-hydrogen) atoms.